The molecule has 1 heterocycles. The van der Waals surface area contributed by atoms with Gasteiger partial charge in [-0.25, -0.2) is 9.59 Å². The zero-order valence-corrected chi connectivity index (χ0v) is 19.2. The smallest absolute Gasteiger partial charge is 0.318 e. The topological polar surface area (TPSA) is 82.2 Å². The predicted octanol–water partition coefficient (Wildman–Crippen LogP) is 5.28. The second kappa shape index (κ2) is 8.59. The van der Waals surface area contributed by atoms with Crippen molar-refractivity contribution >= 4 is 45.2 Å². The molecular weight excluding hydrogens is 430 g/mol. The Hall–Kier alpha value is -4.26. The van der Waals surface area contributed by atoms with Gasteiger partial charge in [-0.3, -0.25) is 0 Å². The molecule has 0 fully saturated rings. The highest BCUT2D eigenvalue weighted by molar-refractivity contribution is 6.16. The first-order valence-electron chi connectivity index (χ1n) is 11.1. The highest BCUT2D eigenvalue weighted by Gasteiger charge is 2.24. The van der Waals surface area contributed by atoms with E-state index in [1.54, 1.807) is 6.92 Å². The molecule has 34 heavy (non-hydrogen) atoms. The molecule has 1 aliphatic carbocycles. The lowest BCUT2D eigenvalue weighted by molar-refractivity contribution is -0.141. The number of fused-ring (bicyclic) bond motifs is 5. The average molecular weight is 453 g/mol. The van der Waals surface area contributed by atoms with Crippen molar-refractivity contribution in [1.29, 1.82) is 0 Å². The van der Waals surface area contributed by atoms with Crippen LogP contribution in [0.5, 0.6) is 0 Å². The molecule has 1 aliphatic rings. The van der Waals surface area contributed by atoms with Crippen LogP contribution in [0.1, 0.15) is 43.9 Å². The number of benzene rings is 3. The Bertz CT molecular complexity index is 1510. The van der Waals surface area contributed by atoms with Gasteiger partial charge in [-0.15, -0.1) is 0 Å². The van der Waals surface area contributed by atoms with E-state index in [4.69, 9.17) is 9.68 Å². The maximum absolute atomic E-state index is 11.2. The number of carbonyl (C=O) groups is 2. The van der Waals surface area contributed by atoms with E-state index in [0.29, 0.717) is 5.71 Å². The molecule has 7 nitrogen and oxygen atoms in total. The lowest BCUT2D eigenvalue weighted by Crippen LogP contribution is -2.01. The number of carbonyl (C=O) groups excluding carboxylic acids is 2. The van der Waals surface area contributed by atoms with Crippen molar-refractivity contribution in [2.75, 3.05) is 0 Å². The molecule has 3 aromatic carbocycles. The number of oxime groups is 2. The van der Waals surface area contributed by atoms with Crippen molar-refractivity contribution in [2.45, 2.75) is 33.6 Å². The minimum Gasteiger partial charge on any atom is -0.318 e. The Kier molecular flexibility index (Phi) is 5.45. The summed E-state index contributed by atoms with van der Waals surface area (Å²) in [6, 6.07) is 20.5. The summed E-state index contributed by atoms with van der Waals surface area (Å²) >= 11 is 0. The molecule has 0 amide bonds. The van der Waals surface area contributed by atoms with Gasteiger partial charge >= 0.3 is 11.9 Å². The van der Waals surface area contributed by atoms with Crippen LogP contribution in [0.25, 0.3) is 27.5 Å². The fourth-order valence-electron chi connectivity index (χ4n) is 4.57. The lowest BCUT2D eigenvalue weighted by Gasteiger charge is -2.10. The third-order valence-corrected chi connectivity index (χ3v) is 6.01. The van der Waals surface area contributed by atoms with Crippen LogP contribution in [0, 0.1) is 0 Å². The molecule has 0 saturated heterocycles. The summed E-state index contributed by atoms with van der Waals surface area (Å²) in [4.78, 5) is 32.0. The monoisotopic (exact) mass is 453 g/mol. The number of rotatable bonds is 4. The standard InChI is InChI=1S/C27H23N3O4/c1-16(28-33-17(2)31)19-8-10-20(11-9-19)30-25-7-5-4-6-23(25)27-22-12-14-24(29-34-18(3)32)21(22)13-15-26(27)30/h4-11,13,15H,12,14H2,1-3H3. The molecule has 0 atom stereocenters. The van der Waals surface area contributed by atoms with Crippen LogP contribution in [0.15, 0.2) is 71.0 Å². The highest BCUT2D eigenvalue weighted by Crippen LogP contribution is 2.38. The van der Waals surface area contributed by atoms with E-state index in [0.717, 1.165) is 46.4 Å². The van der Waals surface area contributed by atoms with Gasteiger partial charge in [0.15, 0.2) is 0 Å². The van der Waals surface area contributed by atoms with Gasteiger partial charge < -0.3 is 14.2 Å². The molecule has 4 aromatic rings. The minimum absolute atomic E-state index is 0.421. The summed E-state index contributed by atoms with van der Waals surface area (Å²) in [5.41, 5.74) is 7.78. The first kappa shape index (κ1) is 21.6. The average Bonchev–Trinajstić information content (AvgIpc) is 3.40. The molecule has 170 valence electrons. The van der Waals surface area contributed by atoms with Crippen LogP contribution in [-0.4, -0.2) is 27.9 Å². The first-order chi connectivity index (χ1) is 16.4. The molecule has 7 heteroatoms. The van der Waals surface area contributed by atoms with Gasteiger partial charge in [-0.1, -0.05) is 46.7 Å². The number of para-hydroxylation sites is 1. The van der Waals surface area contributed by atoms with E-state index in [9.17, 15) is 9.59 Å². The van der Waals surface area contributed by atoms with Crippen molar-refractivity contribution in [3.8, 4) is 5.69 Å². The summed E-state index contributed by atoms with van der Waals surface area (Å²) in [5, 5.41) is 10.3. The maximum atomic E-state index is 11.2. The van der Waals surface area contributed by atoms with Crippen LogP contribution in [0.3, 0.4) is 0 Å². The number of hydrogen-bond donors (Lipinski definition) is 0. The fourth-order valence-corrected chi connectivity index (χ4v) is 4.57. The normalized spacial score (nSPS) is 14.6. The predicted molar refractivity (Wildman–Crippen MR) is 131 cm³/mol. The first-order valence-corrected chi connectivity index (χ1v) is 11.1. The minimum atomic E-state index is -0.449. The summed E-state index contributed by atoms with van der Waals surface area (Å²) in [7, 11) is 0. The van der Waals surface area contributed by atoms with Crippen LogP contribution in [-0.2, 0) is 25.7 Å². The van der Waals surface area contributed by atoms with Gasteiger partial charge in [-0.2, -0.15) is 0 Å². The van der Waals surface area contributed by atoms with Gasteiger partial charge in [0.2, 0.25) is 0 Å². The second-order valence-electron chi connectivity index (χ2n) is 8.27. The van der Waals surface area contributed by atoms with E-state index >= 15 is 0 Å². The molecule has 0 radical (unpaired) electrons. The Morgan fingerprint density at radius 3 is 2.29 bits per heavy atom. The molecule has 0 unspecified atom stereocenters. The quantitative estimate of drug-likeness (QED) is 0.239. The van der Waals surface area contributed by atoms with E-state index < -0.39 is 11.9 Å². The van der Waals surface area contributed by atoms with Gasteiger partial charge in [0.1, 0.15) is 0 Å². The molecule has 0 bridgehead atoms. The van der Waals surface area contributed by atoms with E-state index in [2.05, 4.69) is 39.1 Å². The zero-order chi connectivity index (χ0) is 23.8. The van der Waals surface area contributed by atoms with Crippen molar-refractivity contribution < 1.29 is 19.3 Å². The summed E-state index contributed by atoms with van der Waals surface area (Å²) in [5.74, 6) is -0.870. The Balaban J connectivity index is 1.64. The van der Waals surface area contributed by atoms with E-state index in [-0.39, 0.29) is 0 Å². The second-order valence-corrected chi connectivity index (χ2v) is 8.27. The summed E-state index contributed by atoms with van der Waals surface area (Å²) in [6.07, 6.45) is 1.57. The van der Waals surface area contributed by atoms with Gasteiger partial charge in [0, 0.05) is 35.9 Å². The van der Waals surface area contributed by atoms with Gasteiger partial charge in [0.05, 0.1) is 22.5 Å². The molecule has 1 aromatic heterocycles. The number of aromatic nitrogens is 1. The Morgan fingerprint density at radius 1 is 0.824 bits per heavy atom. The molecule has 0 N–H and O–H groups in total. The highest BCUT2D eigenvalue weighted by atomic mass is 16.7. The summed E-state index contributed by atoms with van der Waals surface area (Å²) < 4.78 is 2.24. The molecule has 0 aliphatic heterocycles. The lowest BCUT2D eigenvalue weighted by atomic mass is 10.0. The number of nitrogens with zero attached hydrogens (tertiary/aromatic N) is 3. The van der Waals surface area contributed by atoms with E-state index in [1.165, 1.54) is 30.2 Å². The van der Waals surface area contributed by atoms with Crippen LogP contribution in [0.4, 0.5) is 0 Å². The SMILES string of the molecule is CC(=O)ON=C(C)c1ccc(-n2c3ccccc3c3c4c(ccc32)C(=NOC(C)=O)CC4)cc1. The molecule has 0 saturated carbocycles. The Labute approximate surface area is 196 Å². The fraction of sp³-hybridized carbons (Fsp3) is 0.185. The molecule has 0 spiro atoms. The number of hydrogen-bond acceptors (Lipinski definition) is 6. The van der Waals surface area contributed by atoms with Crippen LogP contribution >= 0.6 is 0 Å². The largest absolute Gasteiger partial charge is 0.331 e. The maximum Gasteiger partial charge on any atom is 0.331 e. The molecular formula is C27H23N3O4. The molecule has 5 rings (SSSR count). The summed E-state index contributed by atoms with van der Waals surface area (Å²) in [6.45, 7) is 4.48. The van der Waals surface area contributed by atoms with Crippen LogP contribution in [0.2, 0.25) is 0 Å². The van der Waals surface area contributed by atoms with Crippen molar-refractivity contribution in [3.05, 3.63) is 77.4 Å². The number of aryl methyl sites for hydroxylation is 1. The van der Waals surface area contributed by atoms with Crippen LogP contribution < -0.4 is 0 Å². The van der Waals surface area contributed by atoms with Gasteiger partial charge in [-0.05, 0) is 55.2 Å². The van der Waals surface area contributed by atoms with Gasteiger partial charge in [0.25, 0.3) is 0 Å². The van der Waals surface area contributed by atoms with Crippen molar-refractivity contribution in [3.63, 3.8) is 0 Å². The van der Waals surface area contributed by atoms with Crippen molar-refractivity contribution in [1.82, 2.24) is 4.57 Å². The Morgan fingerprint density at radius 2 is 1.56 bits per heavy atom. The third kappa shape index (κ3) is 3.75. The van der Waals surface area contributed by atoms with E-state index in [1.807, 2.05) is 36.4 Å². The zero-order valence-electron chi connectivity index (χ0n) is 19.2. The van der Waals surface area contributed by atoms with Crippen molar-refractivity contribution in [2.24, 2.45) is 10.3 Å². The third-order valence-electron chi connectivity index (χ3n) is 6.01.